The van der Waals surface area contributed by atoms with E-state index < -0.39 is 6.04 Å². The number of aromatic nitrogens is 1. The van der Waals surface area contributed by atoms with Crippen molar-refractivity contribution in [3.8, 4) is 0 Å². The molecule has 27 heavy (non-hydrogen) atoms. The van der Waals surface area contributed by atoms with E-state index in [9.17, 15) is 9.59 Å². The smallest absolute Gasteiger partial charge is 0.328 e. The number of amides is 1. The molecule has 1 unspecified atom stereocenters. The topological polar surface area (TPSA) is 66.8 Å². The van der Waals surface area contributed by atoms with Crippen LogP contribution < -0.4 is 4.90 Å². The van der Waals surface area contributed by atoms with E-state index in [1.165, 1.54) is 24.9 Å². The number of carbonyl (C=O) groups is 2. The van der Waals surface area contributed by atoms with Crippen LogP contribution in [0.5, 0.6) is 0 Å². The summed E-state index contributed by atoms with van der Waals surface area (Å²) in [7, 11) is 1.40. The third kappa shape index (κ3) is 3.34. The maximum atomic E-state index is 13.2. The number of rotatable bonds is 3. The predicted octanol–water partition coefficient (Wildman–Crippen LogP) is 1.05. The Morgan fingerprint density at radius 1 is 1.30 bits per heavy atom. The van der Waals surface area contributed by atoms with Crippen LogP contribution in [0.4, 0.5) is 0 Å². The highest BCUT2D eigenvalue weighted by Gasteiger charge is 2.38. The molecule has 1 aromatic heterocycles. The average molecular weight is 370 g/mol. The Kier molecular flexibility index (Phi) is 4.91. The highest BCUT2D eigenvalue weighted by Crippen LogP contribution is 2.30. The van der Waals surface area contributed by atoms with Gasteiger partial charge in [-0.1, -0.05) is 18.2 Å². The molecule has 0 radical (unpaired) electrons. The van der Waals surface area contributed by atoms with E-state index in [4.69, 9.17) is 4.74 Å². The summed E-state index contributed by atoms with van der Waals surface area (Å²) in [6.45, 7) is 4.13. The number of hydrogen-bond donors (Lipinski definition) is 2. The molecular formula is C21H28N3O3+. The monoisotopic (exact) mass is 370 g/mol. The molecule has 2 aliphatic heterocycles. The largest absolute Gasteiger partial charge is 0.467 e. The highest BCUT2D eigenvalue weighted by molar-refractivity contribution is 5.90. The molecule has 2 N–H and O–H groups in total. The number of aromatic amines is 1. The maximum Gasteiger partial charge on any atom is 0.328 e. The van der Waals surface area contributed by atoms with Crippen molar-refractivity contribution in [2.45, 2.75) is 51.2 Å². The van der Waals surface area contributed by atoms with Crippen molar-refractivity contribution in [1.82, 2.24) is 9.88 Å². The third-order valence-corrected chi connectivity index (χ3v) is 6.26. The maximum absolute atomic E-state index is 13.2. The molecule has 0 saturated carbocycles. The van der Waals surface area contributed by atoms with E-state index in [0.717, 1.165) is 35.1 Å². The first-order valence-electron chi connectivity index (χ1n) is 9.88. The minimum Gasteiger partial charge on any atom is -0.467 e. The van der Waals surface area contributed by atoms with Crippen LogP contribution in [0.2, 0.25) is 0 Å². The van der Waals surface area contributed by atoms with E-state index in [0.29, 0.717) is 25.6 Å². The Morgan fingerprint density at radius 3 is 2.89 bits per heavy atom. The number of benzene rings is 1. The fraction of sp³-hybridized carbons (Fsp3) is 0.524. The number of para-hydroxylation sites is 1. The standard InChI is InChI=1S/C21H27N3O3/c1-14-7-5-6-10-23(14)13-20(25)24-12-18-16(11-19(24)21(26)27-2)15-8-3-4-9-17(15)22-18/h3-4,8-9,14,19,22H,5-7,10-13H2,1-2H3/p+1/t14-,19-/m1/s1. The molecule has 2 aromatic rings. The zero-order chi connectivity index (χ0) is 19.0. The summed E-state index contributed by atoms with van der Waals surface area (Å²) in [6, 6.07) is 8.04. The van der Waals surface area contributed by atoms with Crippen LogP contribution in [-0.2, 0) is 27.3 Å². The summed E-state index contributed by atoms with van der Waals surface area (Å²) in [4.78, 5) is 32.1. The second kappa shape index (κ2) is 7.35. The molecule has 4 rings (SSSR count). The number of nitrogens with zero attached hydrogens (tertiary/aromatic N) is 1. The van der Waals surface area contributed by atoms with Gasteiger partial charge in [0, 0.05) is 23.0 Å². The van der Waals surface area contributed by atoms with Crippen LogP contribution >= 0.6 is 0 Å². The summed E-state index contributed by atoms with van der Waals surface area (Å²) >= 11 is 0. The molecular weight excluding hydrogens is 342 g/mol. The Morgan fingerprint density at radius 2 is 2.11 bits per heavy atom. The normalized spacial score (nSPS) is 25.3. The molecule has 2 aliphatic rings. The number of esters is 1. The van der Waals surface area contributed by atoms with Gasteiger partial charge in [0.15, 0.2) is 6.54 Å². The number of methoxy groups -OCH3 is 1. The van der Waals surface area contributed by atoms with Gasteiger partial charge < -0.3 is 19.5 Å². The van der Waals surface area contributed by atoms with Gasteiger partial charge in [-0.05, 0) is 37.8 Å². The summed E-state index contributed by atoms with van der Waals surface area (Å²) in [5, 5.41) is 1.13. The molecule has 1 saturated heterocycles. The molecule has 6 heteroatoms. The van der Waals surface area contributed by atoms with Gasteiger partial charge in [0.25, 0.3) is 5.91 Å². The number of likely N-dealkylation sites (tertiary alicyclic amines) is 1. The number of piperidine rings is 1. The number of nitrogens with one attached hydrogen (secondary N) is 2. The summed E-state index contributed by atoms with van der Waals surface area (Å²) in [6.07, 6.45) is 4.07. The van der Waals surface area contributed by atoms with Crippen LogP contribution in [0.1, 0.15) is 37.4 Å². The quantitative estimate of drug-likeness (QED) is 0.794. The molecule has 0 bridgehead atoms. The summed E-state index contributed by atoms with van der Waals surface area (Å²) < 4.78 is 5.04. The molecule has 3 heterocycles. The van der Waals surface area contributed by atoms with Crippen molar-refractivity contribution in [3.63, 3.8) is 0 Å². The molecule has 1 aromatic carbocycles. The zero-order valence-electron chi connectivity index (χ0n) is 16.1. The number of fused-ring (bicyclic) bond motifs is 3. The van der Waals surface area contributed by atoms with Crippen molar-refractivity contribution in [2.75, 3.05) is 20.2 Å². The minimum atomic E-state index is -0.547. The van der Waals surface area contributed by atoms with Gasteiger partial charge in [-0.2, -0.15) is 0 Å². The first kappa shape index (κ1) is 18.0. The van der Waals surface area contributed by atoms with Crippen molar-refractivity contribution in [3.05, 3.63) is 35.5 Å². The highest BCUT2D eigenvalue weighted by atomic mass is 16.5. The predicted molar refractivity (Wildman–Crippen MR) is 102 cm³/mol. The lowest BCUT2D eigenvalue weighted by atomic mass is 9.96. The second-order valence-electron chi connectivity index (χ2n) is 7.87. The van der Waals surface area contributed by atoms with Gasteiger partial charge in [0.05, 0.1) is 26.2 Å². The van der Waals surface area contributed by atoms with Crippen molar-refractivity contribution >= 4 is 22.8 Å². The lowest BCUT2D eigenvalue weighted by Gasteiger charge is -2.36. The molecule has 0 aliphatic carbocycles. The van der Waals surface area contributed by atoms with E-state index in [1.807, 2.05) is 18.2 Å². The average Bonchev–Trinajstić information content (AvgIpc) is 3.05. The molecule has 144 valence electrons. The van der Waals surface area contributed by atoms with Gasteiger partial charge >= 0.3 is 5.97 Å². The van der Waals surface area contributed by atoms with Gasteiger partial charge in [-0.15, -0.1) is 0 Å². The van der Waals surface area contributed by atoms with Crippen molar-refractivity contribution in [2.24, 2.45) is 0 Å². The van der Waals surface area contributed by atoms with Gasteiger partial charge in [-0.25, -0.2) is 4.79 Å². The van der Waals surface area contributed by atoms with E-state index in [1.54, 1.807) is 4.90 Å². The number of quaternary nitrogens is 1. The van der Waals surface area contributed by atoms with Gasteiger partial charge in [-0.3, -0.25) is 4.79 Å². The fourth-order valence-corrected chi connectivity index (χ4v) is 4.63. The number of H-pyrrole nitrogens is 1. The Bertz CT molecular complexity index is 859. The van der Waals surface area contributed by atoms with Crippen molar-refractivity contribution < 1.29 is 19.2 Å². The minimum absolute atomic E-state index is 0.0402. The first-order valence-corrected chi connectivity index (χ1v) is 9.88. The molecule has 0 spiro atoms. The molecule has 1 fully saturated rings. The molecule has 1 amide bonds. The number of hydrogen-bond acceptors (Lipinski definition) is 3. The first-order chi connectivity index (χ1) is 13.1. The third-order valence-electron chi connectivity index (χ3n) is 6.26. The van der Waals surface area contributed by atoms with Crippen LogP contribution in [-0.4, -0.2) is 54.0 Å². The van der Waals surface area contributed by atoms with Gasteiger partial charge in [0.2, 0.25) is 0 Å². The van der Waals surface area contributed by atoms with E-state index >= 15 is 0 Å². The Labute approximate surface area is 159 Å². The second-order valence-corrected chi connectivity index (χ2v) is 7.87. The molecule has 6 nitrogen and oxygen atoms in total. The van der Waals surface area contributed by atoms with E-state index in [-0.39, 0.29) is 11.9 Å². The van der Waals surface area contributed by atoms with Crippen LogP contribution in [0, 0.1) is 0 Å². The number of ether oxygens (including phenoxy) is 1. The van der Waals surface area contributed by atoms with Crippen LogP contribution in [0.15, 0.2) is 24.3 Å². The molecule has 3 atom stereocenters. The summed E-state index contributed by atoms with van der Waals surface area (Å²) in [5.41, 5.74) is 3.21. The zero-order valence-corrected chi connectivity index (χ0v) is 16.1. The Balaban J connectivity index is 1.61. The SMILES string of the molecule is COC(=O)[C@H]1Cc2c([nH]c3ccccc23)CN1C(=O)C[NH+]1CCCC[C@H]1C. The Hall–Kier alpha value is -2.34. The number of carbonyl (C=O) groups excluding carboxylic acids is 2. The lowest BCUT2D eigenvalue weighted by molar-refractivity contribution is -0.921. The fourth-order valence-electron chi connectivity index (χ4n) is 4.63. The van der Waals surface area contributed by atoms with Crippen LogP contribution in [0.3, 0.4) is 0 Å². The summed E-state index contributed by atoms with van der Waals surface area (Å²) in [5.74, 6) is -0.292. The van der Waals surface area contributed by atoms with Gasteiger partial charge in [0.1, 0.15) is 6.04 Å². The van der Waals surface area contributed by atoms with E-state index in [2.05, 4.69) is 18.0 Å². The lowest BCUT2D eigenvalue weighted by Crippen LogP contribution is -3.17. The van der Waals surface area contributed by atoms with Crippen molar-refractivity contribution in [1.29, 1.82) is 0 Å². The van der Waals surface area contributed by atoms with Crippen LogP contribution in [0.25, 0.3) is 10.9 Å².